The Hall–Kier alpha value is -2.73. The summed E-state index contributed by atoms with van der Waals surface area (Å²) >= 11 is 0. The van der Waals surface area contributed by atoms with E-state index in [0.29, 0.717) is 30.0 Å². The number of ether oxygens (including phenoxy) is 1. The molecule has 1 aromatic heterocycles. The number of carbonyl (C=O) groups is 2. The largest absolute Gasteiger partial charge is 0.383 e. The molecule has 23 heavy (non-hydrogen) atoms. The number of methoxy groups -OCH3 is 1. The number of pyridine rings is 1. The summed E-state index contributed by atoms with van der Waals surface area (Å²) in [5.41, 5.74) is 2.51. The zero-order chi connectivity index (χ0) is 16.7. The molecule has 0 unspecified atom stereocenters. The minimum Gasteiger partial charge on any atom is -0.383 e. The van der Waals surface area contributed by atoms with Crippen LogP contribution in [0.1, 0.15) is 27.6 Å². The van der Waals surface area contributed by atoms with Gasteiger partial charge in [0.05, 0.1) is 24.1 Å². The lowest BCUT2D eigenvalue weighted by Crippen LogP contribution is -2.27. The number of amides is 1. The van der Waals surface area contributed by atoms with Gasteiger partial charge < -0.3 is 15.4 Å². The quantitative estimate of drug-likeness (QED) is 0.606. The van der Waals surface area contributed by atoms with Crippen molar-refractivity contribution in [2.75, 3.05) is 25.6 Å². The predicted molar refractivity (Wildman–Crippen MR) is 88.2 cm³/mol. The van der Waals surface area contributed by atoms with Gasteiger partial charge in [0.1, 0.15) is 0 Å². The zero-order valence-electron chi connectivity index (χ0n) is 13.1. The summed E-state index contributed by atoms with van der Waals surface area (Å²) in [5.74, 6) is -0.214. The molecule has 0 saturated heterocycles. The molecule has 0 aliphatic carbocycles. The number of anilines is 2. The molecule has 2 N–H and O–H groups in total. The van der Waals surface area contributed by atoms with E-state index in [-0.39, 0.29) is 11.7 Å². The molecular formula is C17H19N3O3. The van der Waals surface area contributed by atoms with Crippen LogP contribution in [-0.2, 0) is 4.74 Å². The van der Waals surface area contributed by atoms with Crippen LogP contribution in [0.5, 0.6) is 0 Å². The van der Waals surface area contributed by atoms with Crippen molar-refractivity contribution in [1.82, 2.24) is 10.3 Å². The van der Waals surface area contributed by atoms with E-state index in [9.17, 15) is 9.59 Å². The minimum absolute atomic E-state index is 0.00181. The van der Waals surface area contributed by atoms with Gasteiger partial charge in [0.2, 0.25) is 0 Å². The highest BCUT2D eigenvalue weighted by Crippen LogP contribution is 2.18. The van der Waals surface area contributed by atoms with Crippen LogP contribution in [0.2, 0.25) is 0 Å². The summed E-state index contributed by atoms with van der Waals surface area (Å²) in [6, 6.07) is 8.86. The molecule has 0 spiro atoms. The van der Waals surface area contributed by atoms with E-state index < -0.39 is 0 Å². The van der Waals surface area contributed by atoms with Crippen molar-refractivity contribution in [3.05, 3.63) is 53.9 Å². The van der Waals surface area contributed by atoms with Crippen molar-refractivity contribution in [3.8, 4) is 0 Å². The van der Waals surface area contributed by atoms with Crippen molar-refractivity contribution in [1.29, 1.82) is 0 Å². The highest BCUT2D eigenvalue weighted by atomic mass is 16.5. The van der Waals surface area contributed by atoms with Crippen LogP contribution < -0.4 is 10.6 Å². The predicted octanol–water partition coefficient (Wildman–Crippen LogP) is 2.40. The van der Waals surface area contributed by atoms with Gasteiger partial charge in [-0.1, -0.05) is 12.1 Å². The summed E-state index contributed by atoms with van der Waals surface area (Å²) in [6.07, 6.45) is 3.12. The summed E-state index contributed by atoms with van der Waals surface area (Å²) in [4.78, 5) is 27.5. The second-order valence-corrected chi connectivity index (χ2v) is 4.97. The fourth-order valence-electron chi connectivity index (χ4n) is 1.98. The number of benzene rings is 1. The van der Waals surface area contributed by atoms with Crippen LogP contribution in [0.25, 0.3) is 0 Å². The first-order chi connectivity index (χ1) is 11.1. The van der Waals surface area contributed by atoms with Gasteiger partial charge in [0.25, 0.3) is 5.91 Å². The first-order valence-electron chi connectivity index (χ1n) is 7.20. The average Bonchev–Trinajstić information content (AvgIpc) is 2.55. The van der Waals surface area contributed by atoms with Crippen LogP contribution in [0.4, 0.5) is 11.4 Å². The van der Waals surface area contributed by atoms with Crippen LogP contribution >= 0.6 is 0 Å². The van der Waals surface area contributed by atoms with Crippen LogP contribution in [-0.4, -0.2) is 36.9 Å². The summed E-state index contributed by atoms with van der Waals surface area (Å²) in [5, 5.41) is 5.88. The number of carbonyl (C=O) groups excluding carboxylic acids is 2. The molecule has 0 atom stereocenters. The Morgan fingerprint density at radius 3 is 2.65 bits per heavy atom. The molecule has 0 bridgehead atoms. The van der Waals surface area contributed by atoms with E-state index in [1.54, 1.807) is 37.6 Å². The van der Waals surface area contributed by atoms with Gasteiger partial charge in [-0.25, -0.2) is 0 Å². The van der Waals surface area contributed by atoms with Crippen molar-refractivity contribution in [3.63, 3.8) is 0 Å². The third-order valence-electron chi connectivity index (χ3n) is 3.15. The standard InChI is InChI=1S/C17H19N3O3/c1-12(21)13-4-3-5-15(8-13)20-16-9-14(10-18-11-16)17(22)19-6-7-23-2/h3-5,8-11,20H,6-7H2,1-2H3,(H,19,22). The number of ketones is 1. The summed E-state index contributed by atoms with van der Waals surface area (Å²) in [7, 11) is 1.58. The van der Waals surface area contributed by atoms with E-state index in [1.807, 2.05) is 6.07 Å². The van der Waals surface area contributed by atoms with Gasteiger partial charge in [-0.2, -0.15) is 0 Å². The van der Waals surface area contributed by atoms with Gasteiger partial charge >= 0.3 is 0 Å². The van der Waals surface area contributed by atoms with Gasteiger partial charge in [-0.3, -0.25) is 14.6 Å². The Bertz CT molecular complexity index is 701. The monoisotopic (exact) mass is 313 g/mol. The SMILES string of the molecule is COCCNC(=O)c1cncc(Nc2cccc(C(C)=O)c2)c1. The molecule has 6 heteroatoms. The van der Waals surface area contributed by atoms with E-state index in [1.165, 1.54) is 13.1 Å². The second kappa shape index (κ2) is 8.05. The number of hydrogen-bond donors (Lipinski definition) is 2. The molecule has 2 rings (SSSR count). The Morgan fingerprint density at radius 2 is 1.91 bits per heavy atom. The molecule has 0 saturated carbocycles. The molecule has 0 radical (unpaired) electrons. The summed E-state index contributed by atoms with van der Waals surface area (Å²) in [6.45, 7) is 2.41. The molecular weight excluding hydrogens is 294 g/mol. The molecule has 0 aliphatic heterocycles. The van der Waals surface area contributed by atoms with Gasteiger partial charge in [0, 0.05) is 31.1 Å². The normalized spacial score (nSPS) is 10.2. The van der Waals surface area contributed by atoms with E-state index in [4.69, 9.17) is 4.74 Å². The Kier molecular flexibility index (Phi) is 5.82. The molecule has 0 aliphatic rings. The maximum absolute atomic E-state index is 12.0. The molecule has 1 heterocycles. The van der Waals surface area contributed by atoms with Crippen molar-refractivity contribution in [2.45, 2.75) is 6.92 Å². The Labute approximate surface area is 134 Å². The average molecular weight is 313 g/mol. The number of aromatic nitrogens is 1. The third kappa shape index (κ3) is 4.89. The topological polar surface area (TPSA) is 80.3 Å². The van der Waals surface area contributed by atoms with Crippen LogP contribution in [0.15, 0.2) is 42.7 Å². The lowest BCUT2D eigenvalue weighted by atomic mass is 10.1. The molecule has 1 amide bonds. The maximum Gasteiger partial charge on any atom is 0.253 e. The van der Waals surface area contributed by atoms with Gasteiger partial charge in [-0.05, 0) is 25.1 Å². The van der Waals surface area contributed by atoms with Crippen molar-refractivity contribution >= 4 is 23.1 Å². The lowest BCUT2D eigenvalue weighted by Gasteiger charge is -2.09. The molecule has 6 nitrogen and oxygen atoms in total. The van der Waals surface area contributed by atoms with E-state index in [0.717, 1.165) is 5.69 Å². The van der Waals surface area contributed by atoms with Crippen molar-refractivity contribution in [2.24, 2.45) is 0 Å². The lowest BCUT2D eigenvalue weighted by molar-refractivity contribution is 0.0936. The molecule has 0 fully saturated rings. The molecule has 120 valence electrons. The zero-order valence-corrected chi connectivity index (χ0v) is 13.1. The Balaban J connectivity index is 2.09. The first kappa shape index (κ1) is 16.6. The molecule has 2 aromatic rings. The molecule has 1 aromatic carbocycles. The van der Waals surface area contributed by atoms with Crippen molar-refractivity contribution < 1.29 is 14.3 Å². The number of rotatable bonds is 7. The minimum atomic E-state index is -0.212. The van der Waals surface area contributed by atoms with Crippen LogP contribution in [0.3, 0.4) is 0 Å². The second-order valence-electron chi connectivity index (χ2n) is 4.97. The van der Waals surface area contributed by atoms with E-state index >= 15 is 0 Å². The highest BCUT2D eigenvalue weighted by molar-refractivity contribution is 5.96. The smallest absolute Gasteiger partial charge is 0.253 e. The summed E-state index contributed by atoms with van der Waals surface area (Å²) < 4.78 is 4.89. The van der Waals surface area contributed by atoms with Gasteiger partial charge in [0.15, 0.2) is 5.78 Å². The Morgan fingerprint density at radius 1 is 1.13 bits per heavy atom. The number of hydrogen-bond acceptors (Lipinski definition) is 5. The maximum atomic E-state index is 12.0. The number of Topliss-reactive ketones (excluding diaryl/α,β-unsaturated/α-hetero) is 1. The third-order valence-corrected chi connectivity index (χ3v) is 3.15. The highest BCUT2D eigenvalue weighted by Gasteiger charge is 2.07. The fraction of sp³-hybridized carbons (Fsp3) is 0.235. The van der Waals surface area contributed by atoms with E-state index in [2.05, 4.69) is 15.6 Å². The number of nitrogens with zero attached hydrogens (tertiary/aromatic N) is 1. The van der Waals surface area contributed by atoms with Crippen LogP contribution in [0, 0.1) is 0 Å². The first-order valence-corrected chi connectivity index (χ1v) is 7.20. The number of nitrogens with one attached hydrogen (secondary N) is 2. The van der Waals surface area contributed by atoms with Gasteiger partial charge in [-0.15, -0.1) is 0 Å². The fourth-order valence-corrected chi connectivity index (χ4v) is 1.98.